The molecule has 3 N–H and O–H groups in total. The SMILES string of the molecule is COc1cccc(N2CCN(C(=NCC(C)(C)CN)Nc3cccc(F)c3)CC2)c1. The van der Waals surface area contributed by atoms with Crippen LogP contribution in [0, 0.1) is 11.2 Å². The molecule has 2 aromatic rings. The van der Waals surface area contributed by atoms with Gasteiger partial charge in [0, 0.05) is 50.2 Å². The van der Waals surface area contributed by atoms with Gasteiger partial charge in [-0.2, -0.15) is 0 Å². The maximum atomic E-state index is 13.7. The maximum absolute atomic E-state index is 13.7. The van der Waals surface area contributed by atoms with Gasteiger partial charge in [0.15, 0.2) is 5.96 Å². The number of piperazine rings is 1. The molecule has 0 spiro atoms. The summed E-state index contributed by atoms with van der Waals surface area (Å²) < 4.78 is 19.0. The van der Waals surface area contributed by atoms with Gasteiger partial charge in [0.25, 0.3) is 0 Å². The van der Waals surface area contributed by atoms with Crippen molar-refractivity contribution in [1.29, 1.82) is 0 Å². The van der Waals surface area contributed by atoms with Crippen molar-refractivity contribution in [1.82, 2.24) is 4.90 Å². The number of methoxy groups -OCH3 is 1. The number of anilines is 2. The summed E-state index contributed by atoms with van der Waals surface area (Å²) in [5.41, 5.74) is 7.62. The quantitative estimate of drug-likeness (QED) is 0.561. The van der Waals surface area contributed by atoms with E-state index in [0.29, 0.717) is 18.8 Å². The fraction of sp³-hybridized carbons (Fsp3) is 0.435. The Kier molecular flexibility index (Phi) is 7.15. The number of guanidine groups is 1. The van der Waals surface area contributed by atoms with Crippen LogP contribution in [0.1, 0.15) is 13.8 Å². The van der Waals surface area contributed by atoms with Gasteiger partial charge in [0.2, 0.25) is 0 Å². The van der Waals surface area contributed by atoms with Crippen LogP contribution in [0.3, 0.4) is 0 Å². The number of hydrogen-bond donors (Lipinski definition) is 2. The largest absolute Gasteiger partial charge is 0.497 e. The Balaban J connectivity index is 1.72. The van der Waals surface area contributed by atoms with Crippen molar-refractivity contribution < 1.29 is 9.13 Å². The number of benzene rings is 2. The van der Waals surface area contributed by atoms with E-state index in [1.165, 1.54) is 12.1 Å². The lowest BCUT2D eigenvalue weighted by Crippen LogP contribution is -2.51. The van der Waals surface area contributed by atoms with Crippen LogP contribution in [0.4, 0.5) is 15.8 Å². The second-order valence-corrected chi connectivity index (χ2v) is 8.32. The summed E-state index contributed by atoms with van der Waals surface area (Å²) in [7, 11) is 1.68. The van der Waals surface area contributed by atoms with E-state index in [4.69, 9.17) is 15.5 Å². The molecule has 0 amide bonds. The molecule has 0 aliphatic carbocycles. The van der Waals surface area contributed by atoms with Crippen LogP contribution in [-0.2, 0) is 0 Å². The first-order valence-electron chi connectivity index (χ1n) is 10.3. The molecule has 30 heavy (non-hydrogen) atoms. The Morgan fingerprint density at radius 3 is 2.53 bits per heavy atom. The fourth-order valence-corrected chi connectivity index (χ4v) is 3.25. The second-order valence-electron chi connectivity index (χ2n) is 8.32. The molecule has 0 aromatic heterocycles. The van der Waals surface area contributed by atoms with E-state index in [0.717, 1.165) is 43.6 Å². The number of nitrogens with two attached hydrogens (primary N) is 1. The summed E-state index contributed by atoms with van der Waals surface area (Å²) in [5.74, 6) is 1.34. The third-order valence-corrected chi connectivity index (χ3v) is 5.29. The summed E-state index contributed by atoms with van der Waals surface area (Å²) in [6, 6.07) is 14.6. The zero-order valence-electron chi connectivity index (χ0n) is 18.1. The number of aliphatic imine (C=N–C) groups is 1. The first-order valence-corrected chi connectivity index (χ1v) is 10.3. The smallest absolute Gasteiger partial charge is 0.198 e. The lowest BCUT2D eigenvalue weighted by Gasteiger charge is -2.38. The molecule has 0 unspecified atom stereocenters. The highest BCUT2D eigenvalue weighted by atomic mass is 19.1. The summed E-state index contributed by atoms with van der Waals surface area (Å²) in [6.07, 6.45) is 0. The molecular formula is C23H32FN5O. The first-order chi connectivity index (χ1) is 14.4. The van der Waals surface area contributed by atoms with Gasteiger partial charge in [-0.3, -0.25) is 4.99 Å². The lowest BCUT2D eigenvalue weighted by atomic mass is 9.94. The Morgan fingerprint density at radius 2 is 1.87 bits per heavy atom. The molecule has 1 heterocycles. The summed E-state index contributed by atoms with van der Waals surface area (Å²) in [4.78, 5) is 9.38. The Labute approximate surface area is 178 Å². The molecule has 7 heteroatoms. The minimum absolute atomic E-state index is 0.0999. The van der Waals surface area contributed by atoms with Crippen LogP contribution in [0.25, 0.3) is 0 Å². The highest BCUT2D eigenvalue weighted by Gasteiger charge is 2.22. The minimum Gasteiger partial charge on any atom is -0.497 e. The molecule has 1 aliphatic heterocycles. The van der Waals surface area contributed by atoms with E-state index in [-0.39, 0.29) is 11.2 Å². The van der Waals surface area contributed by atoms with Crippen LogP contribution < -0.4 is 20.7 Å². The molecule has 3 rings (SSSR count). The number of halogens is 1. The Bertz CT molecular complexity index is 862. The normalized spacial score (nSPS) is 15.3. The molecule has 0 saturated carbocycles. The highest BCUT2D eigenvalue weighted by Crippen LogP contribution is 2.23. The number of rotatable bonds is 6. The zero-order chi connectivity index (χ0) is 21.6. The summed E-state index contributed by atoms with van der Waals surface area (Å²) in [6.45, 7) is 8.66. The van der Waals surface area contributed by atoms with Crippen molar-refractivity contribution in [2.75, 3.05) is 56.6 Å². The standard InChI is InChI=1S/C23H32FN5O/c1-23(2,16-25)17-26-22(27-19-7-4-6-18(24)14-19)29-12-10-28(11-13-29)20-8-5-9-21(15-20)30-3/h4-9,14-15H,10-13,16-17,25H2,1-3H3,(H,26,27). The molecular weight excluding hydrogens is 381 g/mol. The van der Waals surface area contributed by atoms with Gasteiger partial charge in [0.1, 0.15) is 11.6 Å². The van der Waals surface area contributed by atoms with Crippen molar-refractivity contribution in [3.63, 3.8) is 0 Å². The van der Waals surface area contributed by atoms with E-state index >= 15 is 0 Å². The van der Waals surface area contributed by atoms with Crippen molar-refractivity contribution in [2.45, 2.75) is 13.8 Å². The number of nitrogens with one attached hydrogen (secondary N) is 1. The number of ether oxygens (including phenoxy) is 1. The predicted molar refractivity (Wildman–Crippen MR) is 122 cm³/mol. The summed E-state index contributed by atoms with van der Waals surface area (Å²) >= 11 is 0. The van der Waals surface area contributed by atoms with Crippen molar-refractivity contribution in [3.8, 4) is 5.75 Å². The molecule has 1 fully saturated rings. The highest BCUT2D eigenvalue weighted by molar-refractivity contribution is 5.93. The van der Waals surface area contributed by atoms with E-state index in [1.54, 1.807) is 13.2 Å². The topological polar surface area (TPSA) is 66.1 Å². The van der Waals surface area contributed by atoms with Gasteiger partial charge in [-0.05, 0) is 42.3 Å². The second kappa shape index (κ2) is 9.80. The summed E-state index contributed by atoms with van der Waals surface area (Å²) in [5, 5.41) is 3.32. The van der Waals surface area contributed by atoms with Crippen molar-refractivity contribution >= 4 is 17.3 Å². The first kappa shape index (κ1) is 21.9. The van der Waals surface area contributed by atoms with E-state index in [2.05, 4.69) is 41.1 Å². The van der Waals surface area contributed by atoms with E-state index < -0.39 is 0 Å². The Hall–Kier alpha value is -2.80. The molecule has 0 atom stereocenters. The average molecular weight is 414 g/mol. The van der Waals surface area contributed by atoms with Crippen molar-refractivity contribution in [2.24, 2.45) is 16.1 Å². The van der Waals surface area contributed by atoms with E-state index in [1.807, 2.05) is 18.2 Å². The van der Waals surface area contributed by atoms with Gasteiger partial charge < -0.3 is 25.6 Å². The molecule has 0 radical (unpaired) electrons. The molecule has 1 aliphatic rings. The van der Waals surface area contributed by atoms with E-state index in [9.17, 15) is 4.39 Å². The monoisotopic (exact) mass is 413 g/mol. The van der Waals surface area contributed by atoms with Gasteiger partial charge >= 0.3 is 0 Å². The third kappa shape index (κ3) is 5.86. The molecule has 1 saturated heterocycles. The van der Waals surface area contributed by atoms with Crippen LogP contribution in [0.15, 0.2) is 53.5 Å². The molecule has 6 nitrogen and oxygen atoms in total. The van der Waals surface area contributed by atoms with Crippen LogP contribution in [-0.4, -0.2) is 57.2 Å². The van der Waals surface area contributed by atoms with Crippen LogP contribution >= 0.6 is 0 Å². The number of hydrogen-bond acceptors (Lipinski definition) is 4. The van der Waals surface area contributed by atoms with Crippen molar-refractivity contribution in [3.05, 3.63) is 54.3 Å². The molecule has 2 aromatic carbocycles. The minimum atomic E-state index is -0.274. The van der Waals surface area contributed by atoms with Crippen LogP contribution in [0.2, 0.25) is 0 Å². The van der Waals surface area contributed by atoms with Gasteiger partial charge in [-0.1, -0.05) is 26.0 Å². The predicted octanol–water partition coefficient (Wildman–Crippen LogP) is 3.41. The molecule has 162 valence electrons. The molecule has 0 bridgehead atoms. The Morgan fingerprint density at radius 1 is 1.13 bits per heavy atom. The van der Waals surface area contributed by atoms with Gasteiger partial charge in [0.05, 0.1) is 7.11 Å². The third-order valence-electron chi connectivity index (χ3n) is 5.29. The fourth-order valence-electron chi connectivity index (χ4n) is 3.25. The zero-order valence-corrected chi connectivity index (χ0v) is 18.1. The average Bonchev–Trinajstić information content (AvgIpc) is 2.77. The lowest BCUT2D eigenvalue weighted by molar-refractivity contribution is 0.368. The maximum Gasteiger partial charge on any atom is 0.198 e. The van der Waals surface area contributed by atoms with Gasteiger partial charge in [-0.15, -0.1) is 0 Å². The van der Waals surface area contributed by atoms with Gasteiger partial charge in [-0.25, -0.2) is 4.39 Å². The number of nitrogens with zero attached hydrogens (tertiary/aromatic N) is 3. The van der Waals surface area contributed by atoms with Crippen LogP contribution in [0.5, 0.6) is 5.75 Å².